The smallest absolute Gasteiger partial charge is 0.327 e. The summed E-state index contributed by atoms with van der Waals surface area (Å²) >= 11 is 0. The molecule has 1 heterocycles. The maximum atomic E-state index is 10.7. The molecule has 120 valence electrons. The van der Waals surface area contributed by atoms with Crippen LogP contribution >= 0.6 is 0 Å². The molecule has 0 unspecified atom stereocenters. The number of hydrogen-bond donors (Lipinski definition) is 2. The second-order valence-corrected chi connectivity index (χ2v) is 4.24. The van der Waals surface area contributed by atoms with Crippen LogP contribution in [-0.2, 0) is 14.4 Å². The van der Waals surface area contributed by atoms with E-state index in [4.69, 9.17) is 10.2 Å². The Balaban J connectivity index is 0. The minimum absolute atomic E-state index is 0.231. The van der Waals surface area contributed by atoms with E-state index in [9.17, 15) is 14.4 Å². The molecular formula is C15H25NO5. The summed E-state index contributed by atoms with van der Waals surface area (Å²) in [4.78, 5) is 31.7. The monoisotopic (exact) mass is 299 g/mol. The molecule has 0 spiro atoms. The zero-order valence-electron chi connectivity index (χ0n) is 12.9. The van der Waals surface area contributed by atoms with Gasteiger partial charge in [0, 0.05) is 32.2 Å². The van der Waals surface area contributed by atoms with Crippen molar-refractivity contribution in [2.75, 3.05) is 13.1 Å². The molecule has 0 aliphatic carbocycles. The number of nitrogens with zero attached hydrogens (tertiary/aromatic N) is 1. The van der Waals surface area contributed by atoms with Crippen LogP contribution in [0.1, 0.15) is 40.0 Å². The van der Waals surface area contributed by atoms with Gasteiger partial charge in [0.25, 0.3) is 0 Å². The van der Waals surface area contributed by atoms with Crippen molar-refractivity contribution in [1.29, 1.82) is 0 Å². The number of hydrogen-bond acceptors (Lipinski definition) is 3. The van der Waals surface area contributed by atoms with Gasteiger partial charge in [0.2, 0.25) is 5.91 Å². The predicted octanol–water partition coefficient (Wildman–Crippen LogP) is 2.31. The third-order valence-corrected chi connectivity index (χ3v) is 2.42. The second-order valence-electron chi connectivity index (χ2n) is 4.24. The maximum Gasteiger partial charge on any atom is 0.327 e. The van der Waals surface area contributed by atoms with Crippen LogP contribution < -0.4 is 0 Å². The van der Waals surface area contributed by atoms with Crippen molar-refractivity contribution in [1.82, 2.24) is 4.90 Å². The quantitative estimate of drug-likeness (QED) is 0.763. The average Bonchev–Trinajstić information content (AvgIpc) is 2.40. The lowest BCUT2D eigenvalue weighted by atomic mass is 10.1. The van der Waals surface area contributed by atoms with Gasteiger partial charge in [-0.05, 0) is 33.1 Å². The molecule has 0 aromatic carbocycles. The van der Waals surface area contributed by atoms with Crippen molar-refractivity contribution in [3.63, 3.8) is 0 Å². The van der Waals surface area contributed by atoms with Gasteiger partial charge >= 0.3 is 11.9 Å². The largest absolute Gasteiger partial charge is 0.478 e. The van der Waals surface area contributed by atoms with Crippen molar-refractivity contribution in [3.8, 4) is 0 Å². The molecule has 1 aliphatic heterocycles. The first kappa shape index (κ1) is 21.2. The molecule has 0 atom stereocenters. The van der Waals surface area contributed by atoms with Crippen molar-refractivity contribution >= 4 is 17.8 Å². The summed E-state index contributed by atoms with van der Waals surface area (Å²) in [6, 6.07) is 0. The van der Waals surface area contributed by atoms with Crippen LogP contribution in [0.25, 0.3) is 0 Å². The summed E-state index contributed by atoms with van der Waals surface area (Å²) in [7, 11) is 0. The summed E-state index contributed by atoms with van der Waals surface area (Å²) in [5, 5.41) is 15.7. The third kappa shape index (κ3) is 17.9. The summed E-state index contributed by atoms with van der Waals surface area (Å²) in [6.45, 7) is 6.93. The fraction of sp³-hybridized carbons (Fsp3) is 0.533. The number of likely N-dealkylation sites (tertiary alicyclic amines) is 1. The van der Waals surface area contributed by atoms with Gasteiger partial charge in [-0.3, -0.25) is 4.79 Å². The molecule has 21 heavy (non-hydrogen) atoms. The number of carbonyl (C=O) groups is 3. The number of aliphatic carboxylic acids is 2. The number of amides is 1. The minimum Gasteiger partial charge on any atom is -0.478 e. The first-order chi connectivity index (χ1) is 9.84. The zero-order valence-corrected chi connectivity index (χ0v) is 12.9. The lowest BCUT2D eigenvalue weighted by Gasteiger charge is -2.24. The van der Waals surface area contributed by atoms with Gasteiger partial charge in [-0.15, -0.1) is 0 Å². The highest BCUT2D eigenvalue weighted by Gasteiger charge is 2.10. The molecule has 1 amide bonds. The maximum absolute atomic E-state index is 10.7. The highest BCUT2D eigenvalue weighted by molar-refractivity contribution is 5.79. The number of carboxylic acid groups (broad SMARTS) is 2. The molecule has 1 rings (SSSR count). The van der Waals surface area contributed by atoms with Crippen LogP contribution in [-0.4, -0.2) is 46.0 Å². The summed E-state index contributed by atoms with van der Waals surface area (Å²) < 4.78 is 0. The number of rotatable bonds is 2. The fourth-order valence-electron chi connectivity index (χ4n) is 1.49. The molecule has 6 nitrogen and oxygen atoms in total. The average molecular weight is 299 g/mol. The first-order valence-corrected chi connectivity index (χ1v) is 6.81. The van der Waals surface area contributed by atoms with Crippen LogP contribution in [0.3, 0.4) is 0 Å². The number of allylic oxidation sites excluding steroid dienone is 2. The van der Waals surface area contributed by atoms with Crippen molar-refractivity contribution in [3.05, 3.63) is 24.3 Å². The van der Waals surface area contributed by atoms with Crippen molar-refractivity contribution in [2.24, 2.45) is 0 Å². The summed E-state index contributed by atoms with van der Waals surface area (Å²) in [6.07, 6.45) is 8.80. The zero-order chi connectivity index (χ0) is 16.7. The van der Waals surface area contributed by atoms with Crippen LogP contribution in [0.4, 0.5) is 0 Å². The van der Waals surface area contributed by atoms with E-state index in [1.165, 1.54) is 31.4 Å². The molecule has 2 N–H and O–H groups in total. The molecule has 0 radical (unpaired) electrons. The molecule has 0 bridgehead atoms. The van der Waals surface area contributed by atoms with Gasteiger partial charge in [0.1, 0.15) is 0 Å². The predicted molar refractivity (Wildman–Crippen MR) is 81.0 cm³/mol. The highest BCUT2D eigenvalue weighted by atomic mass is 16.4. The van der Waals surface area contributed by atoms with Crippen LogP contribution in [0.5, 0.6) is 0 Å². The van der Waals surface area contributed by atoms with Gasteiger partial charge in [-0.1, -0.05) is 12.2 Å². The molecule has 1 fully saturated rings. The van der Waals surface area contributed by atoms with Crippen molar-refractivity contribution in [2.45, 2.75) is 40.0 Å². The van der Waals surface area contributed by atoms with Crippen LogP contribution in [0.15, 0.2) is 24.3 Å². The minimum atomic E-state index is -0.891. The van der Waals surface area contributed by atoms with Gasteiger partial charge in [0.05, 0.1) is 0 Å². The Kier molecular flexibility index (Phi) is 14.4. The number of carbonyl (C=O) groups excluding carboxylic acids is 1. The SMILES string of the molecule is C/C=C/C(=O)O.C/C=C/C(=O)O.CC(=O)N1CCCCC1. The second kappa shape index (κ2) is 14.3. The fourth-order valence-corrected chi connectivity index (χ4v) is 1.49. The Morgan fingerprint density at radius 1 is 0.857 bits per heavy atom. The van der Waals surface area contributed by atoms with Crippen LogP contribution in [0.2, 0.25) is 0 Å². The molecule has 1 saturated heterocycles. The Morgan fingerprint density at radius 2 is 1.24 bits per heavy atom. The van der Waals surface area contributed by atoms with Gasteiger partial charge in [-0.25, -0.2) is 9.59 Å². The van der Waals surface area contributed by atoms with E-state index in [0.717, 1.165) is 25.2 Å². The van der Waals surface area contributed by atoms with E-state index in [1.807, 2.05) is 4.90 Å². The Hall–Kier alpha value is -2.11. The highest BCUT2D eigenvalue weighted by Crippen LogP contribution is 2.07. The molecule has 0 aromatic rings. The van der Waals surface area contributed by atoms with E-state index in [2.05, 4.69) is 0 Å². The standard InChI is InChI=1S/C7H13NO.2C4H6O2/c1-7(9)8-5-3-2-4-6-8;2*1-2-3-4(5)6/h2-6H2,1H3;2*2-3H,1H3,(H,5,6)/b;2*3-2+. The van der Waals surface area contributed by atoms with Crippen LogP contribution in [0, 0.1) is 0 Å². The van der Waals surface area contributed by atoms with Crippen molar-refractivity contribution < 1.29 is 24.6 Å². The Labute approximate surface area is 125 Å². The number of carboxylic acids is 2. The Bertz CT molecular complexity index is 346. The van der Waals surface area contributed by atoms with E-state index in [-0.39, 0.29) is 5.91 Å². The normalized spacial score (nSPS) is 14.0. The Morgan fingerprint density at radius 3 is 1.38 bits per heavy atom. The summed E-state index contributed by atoms with van der Waals surface area (Å²) in [5.41, 5.74) is 0. The molecule has 1 aliphatic rings. The summed E-state index contributed by atoms with van der Waals surface area (Å²) in [5.74, 6) is -1.55. The lowest BCUT2D eigenvalue weighted by Crippen LogP contribution is -2.33. The molecule has 0 saturated carbocycles. The number of piperidine rings is 1. The molecule has 6 heteroatoms. The third-order valence-electron chi connectivity index (χ3n) is 2.42. The van der Waals surface area contributed by atoms with E-state index in [0.29, 0.717) is 0 Å². The van der Waals surface area contributed by atoms with Gasteiger partial charge < -0.3 is 15.1 Å². The van der Waals surface area contributed by atoms with Gasteiger partial charge in [-0.2, -0.15) is 0 Å². The van der Waals surface area contributed by atoms with Gasteiger partial charge in [0.15, 0.2) is 0 Å². The van der Waals surface area contributed by atoms with E-state index in [1.54, 1.807) is 20.8 Å². The van der Waals surface area contributed by atoms with E-state index < -0.39 is 11.9 Å². The molecule has 0 aromatic heterocycles. The topological polar surface area (TPSA) is 94.9 Å². The first-order valence-electron chi connectivity index (χ1n) is 6.81. The molecular weight excluding hydrogens is 274 g/mol. The van der Waals surface area contributed by atoms with E-state index >= 15 is 0 Å². The lowest BCUT2D eigenvalue weighted by molar-refractivity contribution is -0.132.